The van der Waals surface area contributed by atoms with Crippen molar-refractivity contribution < 1.29 is 14.6 Å². The molecule has 2 aliphatic rings. The Morgan fingerprint density at radius 1 is 1.14 bits per heavy atom. The number of carbonyl (C=O) groups is 1. The van der Waals surface area contributed by atoms with E-state index in [1.54, 1.807) is 17.6 Å². The van der Waals surface area contributed by atoms with Crippen LogP contribution in [0.5, 0.6) is 0 Å². The number of rotatable bonds is 1. The molecule has 0 unspecified atom stereocenters. The average Bonchev–Trinajstić information content (AvgIpc) is 3.22. The minimum Gasteiger partial charge on any atom is -0.458 e. The van der Waals surface area contributed by atoms with Gasteiger partial charge in [0.25, 0.3) is 5.56 Å². The van der Waals surface area contributed by atoms with Gasteiger partial charge in [0.2, 0.25) is 0 Å². The maximum Gasteiger partial charge on any atom is 0.343 e. The summed E-state index contributed by atoms with van der Waals surface area (Å²) in [5.41, 5.74) is 9.53. The van der Waals surface area contributed by atoms with E-state index in [1.165, 1.54) is 0 Å². The molecular formula is C28H21N3O4. The lowest BCUT2D eigenvalue weighted by molar-refractivity contribution is -0.172. The largest absolute Gasteiger partial charge is 0.458 e. The normalized spacial score (nSPS) is 17.7. The standard InChI is InChI=1S/C28H21N3O4/c1-2-28(34)22-13-24-25-18(14-31(24)26(32)21(22)15-35-27(28)33)12-20-17(6-4-8-23(20)30-25)10-9-16-5-3-7-19(29)11-16/h3-8,11-13,34H,2,14-15,29H2,1H3/t28-/m0/s1. The van der Waals surface area contributed by atoms with E-state index in [-0.39, 0.29) is 18.6 Å². The van der Waals surface area contributed by atoms with Gasteiger partial charge >= 0.3 is 5.97 Å². The predicted molar refractivity (Wildman–Crippen MR) is 131 cm³/mol. The maximum absolute atomic E-state index is 13.3. The van der Waals surface area contributed by atoms with Crippen molar-refractivity contribution >= 4 is 22.6 Å². The lowest BCUT2D eigenvalue weighted by Gasteiger charge is -2.31. The second kappa shape index (κ2) is 7.55. The third-order valence-corrected chi connectivity index (χ3v) is 6.78. The van der Waals surface area contributed by atoms with Gasteiger partial charge in [0.1, 0.15) is 6.61 Å². The molecule has 2 aliphatic heterocycles. The van der Waals surface area contributed by atoms with Gasteiger partial charge in [0, 0.05) is 33.3 Å². The Morgan fingerprint density at radius 2 is 1.97 bits per heavy atom. The summed E-state index contributed by atoms with van der Waals surface area (Å²) in [6.45, 7) is 1.88. The van der Waals surface area contributed by atoms with Gasteiger partial charge in [0.05, 0.1) is 29.0 Å². The van der Waals surface area contributed by atoms with E-state index < -0.39 is 11.6 Å². The van der Waals surface area contributed by atoms with Crippen LogP contribution in [0.3, 0.4) is 0 Å². The molecular weight excluding hydrogens is 442 g/mol. The van der Waals surface area contributed by atoms with Crippen LogP contribution >= 0.6 is 0 Å². The number of fused-ring (bicyclic) bond motifs is 5. The number of nitrogens with zero attached hydrogens (tertiary/aromatic N) is 2. The van der Waals surface area contributed by atoms with Crippen molar-refractivity contribution in [3.63, 3.8) is 0 Å². The van der Waals surface area contributed by atoms with Crippen LogP contribution in [-0.2, 0) is 28.3 Å². The number of nitrogens with two attached hydrogens (primary N) is 1. The number of carbonyl (C=O) groups excluding carboxylic acids is 1. The Morgan fingerprint density at radius 3 is 2.77 bits per heavy atom. The molecule has 0 amide bonds. The summed E-state index contributed by atoms with van der Waals surface area (Å²) in [5, 5.41) is 11.9. The molecule has 2 aromatic carbocycles. The average molecular weight is 463 g/mol. The highest BCUT2D eigenvalue weighted by atomic mass is 16.6. The summed E-state index contributed by atoms with van der Waals surface area (Å²) in [6.07, 6.45) is 0.106. The molecule has 6 rings (SSSR count). The van der Waals surface area contributed by atoms with E-state index in [0.717, 1.165) is 27.6 Å². The number of aromatic nitrogens is 2. The van der Waals surface area contributed by atoms with E-state index in [2.05, 4.69) is 11.8 Å². The van der Waals surface area contributed by atoms with Crippen LogP contribution in [0.4, 0.5) is 5.69 Å². The number of ether oxygens (including phenoxy) is 1. The van der Waals surface area contributed by atoms with Gasteiger partial charge in [-0.15, -0.1) is 0 Å². The van der Waals surface area contributed by atoms with Crippen molar-refractivity contribution in [3.8, 4) is 23.2 Å². The van der Waals surface area contributed by atoms with E-state index in [1.807, 2.05) is 48.5 Å². The fourth-order valence-corrected chi connectivity index (χ4v) is 4.87. The molecule has 0 bridgehead atoms. The predicted octanol–water partition coefficient (Wildman–Crippen LogP) is 3.06. The molecule has 1 atom stereocenters. The van der Waals surface area contributed by atoms with Crippen molar-refractivity contribution in [2.45, 2.75) is 32.1 Å². The number of anilines is 1. The van der Waals surface area contributed by atoms with Gasteiger partial charge in [-0.25, -0.2) is 9.78 Å². The monoisotopic (exact) mass is 463 g/mol. The third kappa shape index (κ3) is 3.15. The van der Waals surface area contributed by atoms with Crippen LogP contribution in [0, 0.1) is 11.8 Å². The van der Waals surface area contributed by atoms with Gasteiger partial charge in [-0.3, -0.25) is 4.79 Å². The summed E-state index contributed by atoms with van der Waals surface area (Å²) in [5.74, 6) is 5.65. The van der Waals surface area contributed by atoms with Gasteiger partial charge in [0.15, 0.2) is 5.60 Å². The Hall–Kier alpha value is -4.41. The summed E-state index contributed by atoms with van der Waals surface area (Å²) < 4.78 is 6.76. The first-order valence-corrected chi connectivity index (χ1v) is 11.4. The Kier molecular flexibility index (Phi) is 4.56. The molecule has 0 aliphatic carbocycles. The fraction of sp³-hybridized carbons (Fsp3) is 0.179. The SMILES string of the molecule is CC[C@@]1(O)C(=O)OCc2c1cc1n(c2=O)Cc2cc3c(C#Cc4cccc(N)c4)cccc3nc2-1. The highest BCUT2D eigenvalue weighted by Gasteiger charge is 2.45. The first-order chi connectivity index (χ1) is 16.9. The number of aliphatic hydroxyl groups is 1. The summed E-state index contributed by atoms with van der Waals surface area (Å²) in [4.78, 5) is 30.5. The Balaban J connectivity index is 1.50. The summed E-state index contributed by atoms with van der Waals surface area (Å²) >= 11 is 0. The molecule has 4 aromatic rings. The van der Waals surface area contributed by atoms with Gasteiger partial charge in [-0.05, 0) is 48.9 Å². The minimum atomic E-state index is -1.84. The van der Waals surface area contributed by atoms with Gasteiger partial charge in [-0.2, -0.15) is 0 Å². The van der Waals surface area contributed by atoms with Gasteiger partial charge < -0.3 is 20.1 Å². The van der Waals surface area contributed by atoms with Crippen LogP contribution in [0.15, 0.2) is 59.4 Å². The molecule has 0 saturated carbocycles. The molecule has 0 fully saturated rings. The summed E-state index contributed by atoms with van der Waals surface area (Å²) in [7, 11) is 0. The van der Waals surface area contributed by atoms with E-state index >= 15 is 0 Å². The molecule has 0 spiro atoms. The summed E-state index contributed by atoms with van der Waals surface area (Å²) in [6, 6.07) is 16.9. The Bertz CT molecular complexity index is 1690. The zero-order valence-corrected chi connectivity index (χ0v) is 19.0. The second-order valence-corrected chi connectivity index (χ2v) is 8.85. The quantitative estimate of drug-likeness (QED) is 0.225. The van der Waals surface area contributed by atoms with Crippen molar-refractivity contribution in [3.05, 3.63) is 92.8 Å². The Labute approximate surface area is 200 Å². The highest BCUT2D eigenvalue weighted by molar-refractivity contribution is 5.89. The number of benzene rings is 2. The molecule has 0 saturated heterocycles. The first-order valence-electron chi connectivity index (χ1n) is 11.4. The smallest absolute Gasteiger partial charge is 0.343 e. The van der Waals surface area contributed by atoms with Crippen molar-refractivity contribution in [2.75, 3.05) is 5.73 Å². The van der Waals surface area contributed by atoms with Crippen LogP contribution in [0.2, 0.25) is 0 Å². The number of hydrogen-bond acceptors (Lipinski definition) is 6. The number of cyclic esters (lactones) is 1. The lowest BCUT2D eigenvalue weighted by Crippen LogP contribution is -2.44. The fourth-order valence-electron chi connectivity index (χ4n) is 4.87. The third-order valence-electron chi connectivity index (χ3n) is 6.78. The molecule has 2 aromatic heterocycles. The van der Waals surface area contributed by atoms with E-state index in [9.17, 15) is 14.7 Å². The van der Waals surface area contributed by atoms with E-state index in [4.69, 9.17) is 15.5 Å². The molecule has 3 N–H and O–H groups in total. The van der Waals surface area contributed by atoms with Crippen LogP contribution < -0.4 is 11.3 Å². The number of hydrogen-bond donors (Lipinski definition) is 2. The molecule has 4 heterocycles. The van der Waals surface area contributed by atoms with E-state index in [0.29, 0.717) is 34.7 Å². The highest BCUT2D eigenvalue weighted by Crippen LogP contribution is 2.38. The second-order valence-electron chi connectivity index (χ2n) is 8.85. The van der Waals surface area contributed by atoms with Crippen LogP contribution in [0.25, 0.3) is 22.3 Å². The van der Waals surface area contributed by atoms with Crippen molar-refractivity contribution in [1.82, 2.24) is 9.55 Å². The van der Waals surface area contributed by atoms with Crippen LogP contribution in [-0.4, -0.2) is 20.6 Å². The van der Waals surface area contributed by atoms with Gasteiger partial charge in [-0.1, -0.05) is 30.9 Å². The zero-order valence-electron chi connectivity index (χ0n) is 19.0. The number of nitrogen functional groups attached to an aromatic ring is 1. The maximum atomic E-state index is 13.3. The molecule has 172 valence electrons. The molecule has 0 radical (unpaired) electrons. The van der Waals surface area contributed by atoms with Crippen molar-refractivity contribution in [2.24, 2.45) is 0 Å². The lowest BCUT2D eigenvalue weighted by atomic mass is 9.86. The number of pyridine rings is 2. The first kappa shape index (κ1) is 21.1. The molecule has 35 heavy (non-hydrogen) atoms. The topological polar surface area (TPSA) is 107 Å². The van der Waals surface area contributed by atoms with Crippen molar-refractivity contribution in [1.29, 1.82) is 0 Å². The molecule has 7 nitrogen and oxygen atoms in total. The molecule has 7 heteroatoms. The van der Waals surface area contributed by atoms with Crippen LogP contribution in [0.1, 0.15) is 41.2 Å². The number of esters is 1. The zero-order chi connectivity index (χ0) is 24.3. The minimum absolute atomic E-state index is 0.106.